The van der Waals surface area contributed by atoms with E-state index >= 15 is 0 Å². The van der Waals surface area contributed by atoms with Gasteiger partial charge in [0.2, 0.25) is 0 Å². The van der Waals surface area contributed by atoms with Gasteiger partial charge in [0, 0.05) is 25.7 Å². The predicted octanol–water partition coefficient (Wildman–Crippen LogP) is 24.1. The van der Waals surface area contributed by atoms with Gasteiger partial charge < -0.3 is 33.8 Å². The van der Waals surface area contributed by atoms with E-state index in [0.717, 1.165) is 128 Å². The Balaban J connectivity index is 5.30. The fourth-order valence-electron chi connectivity index (χ4n) is 12.0. The summed E-state index contributed by atoms with van der Waals surface area (Å²) in [5.41, 5.74) is 0. The van der Waals surface area contributed by atoms with Crippen LogP contribution in [0.15, 0.2) is 24.3 Å². The maximum absolute atomic E-state index is 13.1. The first-order valence-corrected chi connectivity index (χ1v) is 44.6. The van der Waals surface area contributed by atoms with Gasteiger partial charge in [-0.1, -0.05) is 335 Å². The number of ether oxygens (including phenoxy) is 4. The summed E-state index contributed by atoms with van der Waals surface area (Å²) in [5, 5.41) is 10.6. The number of phosphoric ester groups is 2. The highest BCUT2D eigenvalue weighted by molar-refractivity contribution is 7.47. The Morgan fingerprint density at radius 2 is 0.460 bits per heavy atom. The van der Waals surface area contributed by atoms with Crippen LogP contribution in [0.5, 0.6) is 0 Å². The van der Waals surface area contributed by atoms with Crippen molar-refractivity contribution in [1.29, 1.82) is 0 Å². The van der Waals surface area contributed by atoms with Crippen molar-refractivity contribution in [2.45, 2.75) is 431 Å². The summed E-state index contributed by atoms with van der Waals surface area (Å²) in [6, 6.07) is 0. The maximum atomic E-state index is 13.1. The van der Waals surface area contributed by atoms with E-state index in [4.69, 9.17) is 37.0 Å². The first-order valence-electron chi connectivity index (χ1n) is 41.6. The Labute approximate surface area is 612 Å². The van der Waals surface area contributed by atoms with Gasteiger partial charge in [0.15, 0.2) is 12.2 Å². The summed E-state index contributed by atoms with van der Waals surface area (Å²) in [6.45, 7) is 4.97. The lowest BCUT2D eigenvalue weighted by atomic mass is 10.0. The lowest BCUT2D eigenvalue weighted by Gasteiger charge is -2.21. The molecule has 17 nitrogen and oxygen atoms in total. The van der Waals surface area contributed by atoms with Crippen molar-refractivity contribution in [3.05, 3.63) is 24.3 Å². The monoisotopic (exact) mass is 1460 g/mol. The zero-order valence-electron chi connectivity index (χ0n) is 64.7. The number of rotatable bonds is 80. The number of hydrogen-bond donors (Lipinski definition) is 3. The number of aliphatic hydroxyl groups excluding tert-OH is 1. The topological polar surface area (TPSA) is 237 Å². The molecule has 0 aliphatic heterocycles. The molecule has 0 fully saturated rings. The molecule has 590 valence electrons. The van der Waals surface area contributed by atoms with E-state index in [9.17, 15) is 43.2 Å². The van der Waals surface area contributed by atoms with E-state index in [1.165, 1.54) is 205 Å². The fraction of sp³-hybridized carbons (Fsp3) is 0.901. The van der Waals surface area contributed by atoms with Gasteiger partial charge in [0.1, 0.15) is 19.3 Å². The van der Waals surface area contributed by atoms with Crippen LogP contribution in [0.2, 0.25) is 0 Å². The van der Waals surface area contributed by atoms with E-state index in [1.54, 1.807) is 0 Å². The van der Waals surface area contributed by atoms with Crippen LogP contribution in [0.4, 0.5) is 0 Å². The molecule has 0 radical (unpaired) electrons. The minimum Gasteiger partial charge on any atom is -0.462 e. The summed E-state index contributed by atoms with van der Waals surface area (Å²) >= 11 is 0. The van der Waals surface area contributed by atoms with Gasteiger partial charge in [-0.05, 0) is 77.0 Å². The molecule has 0 bridgehead atoms. The van der Waals surface area contributed by atoms with Crippen molar-refractivity contribution >= 4 is 39.5 Å². The molecule has 3 N–H and O–H groups in total. The summed E-state index contributed by atoms with van der Waals surface area (Å²) in [4.78, 5) is 73.1. The van der Waals surface area contributed by atoms with Crippen LogP contribution in [0, 0.1) is 0 Å². The Bertz CT molecular complexity index is 1990. The molecule has 0 aliphatic rings. The SMILES string of the molecule is CCCCCC/C=C\CCCCCCCCCC(=O)OC[C@H](COP(=O)(O)OC[C@H](O)COP(=O)(O)OC[C@@H](COC(=O)CCCCCCC/C=C\CCCCCCCC)OC(=O)CCCCCCCCCCCCCCCCC)OC(=O)CCCCCCCCCCCCCCCCC. The van der Waals surface area contributed by atoms with E-state index < -0.39 is 97.5 Å². The Hall–Kier alpha value is -2.46. The van der Waals surface area contributed by atoms with Crippen LogP contribution in [0.25, 0.3) is 0 Å². The molecule has 0 aromatic heterocycles. The van der Waals surface area contributed by atoms with Gasteiger partial charge in [-0.25, -0.2) is 9.13 Å². The van der Waals surface area contributed by atoms with Crippen molar-refractivity contribution in [2.75, 3.05) is 39.6 Å². The number of phosphoric acid groups is 2. The number of hydrogen-bond acceptors (Lipinski definition) is 15. The van der Waals surface area contributed by atoms with Gasteiger partial charge in [-0.2, -0.15) is 0 Å². The third-order valence-electron chi connectivity index (χ3n) is 18.4. The molecule has 0 saturated carbocycles. The van der Waals surface area contributed by atoms with Crippen LogP contribution in [-0.2, 0) is 65.4 Å². The van der Waals surface area contributed by atoms with Crippen LogP contribution < -0.4 is 0 Å². The van der Waals surface area contributed by atoms with Crippen molar-refractivity contribution < 1.29 is 80.2 Å². The number of unbranched alkanes of at least 4 members (excludes halogenated alkanes) is 50. The highest BCUT2D eigenvalue weighted by atomic mass is 31.2. The maximum Gasteiger partial charge on any atom is 0.472 e. The van der Waals surface area contributed by atoms with Crippen molar-refractivity contribution in [3.8, 4) is 0 Å². The molecule has 0 aliphatic carbocycles. The molecule has 2 unspecified atom stereocenters. The number of aliphatic hydroxyl groups is 1. The quantitative estimate of drug-likeness (QED) is 0.0169. The second kappa shape index (κ2) is 74.8. The molecule has 0 heterocycles. The summed E-state index contributed by atoms with van der Waals surface area (Å²) in [7, 11) is -9.93. The summed E-state index contributed by atoms with van der Waals surface area (Å²) in [5.74, 6) is -2.13. The van der Waals surface area contributed by atoms with Gasteiger partial charge in [0.25, 0.3) is 0 Å². The van der Waals surface area contributed by atoms with Gasteiger partial charge in [-0.3, -0.25) is 37.3 Å². The van der Waals surface area contributed by atoms with Crippen LogP contribution in [0.1, 0.15) is 413 Å². The minimum atomic E-state index is -4.97. The molecule has 19 heteroatoms. The number of carbonyl (C=O) groups is 4. The van der Waals surface area contributed by atoms with Gasteiger partial charge in [0.05, 0.1) is 26.4 Å². The molecule has 0 aromatic carbocycles. The van der Waals surface area contributed by atoms with Gasteiger partial charge in [-0.15, -0.1) is 0 Å². The molecule has 0 amide bonds. The number of esters is 4. The lowest BCUT2D eigenvalue weighted by molar-refractivity contribution is -0.161. The third-order valence-corrected chi connectivity index (χ3v) is 20.3. The minimum absolute atomic E-state index is 0.104. The normalized spacial score (nSPS) is 13.9. The molecule has 0 spiro atoms. The second-order valence-electron chi connectivity index (χ2n) is 28.4. The van der Waals surface area contributed by atoms with E-state index in [1.807, 2.05) is 0 Å². The lowest BCUT2D eigenvalue weighted by Crippen LogP contribution is -2.30. The van der Waals surface area contributed by atoms with E-state index in [2.05, 4.69) is 52.0 Å². The smallest absolute Gasteiger partial charge is 0.462 e. The Kier molecular flexibility index (Phi) is 73.0. The van der Waals surface area contributed by atoms with E-state index in [0.29, 0.717) is 25.7 Å². The highest BCUT2D eigenvalue weighted by Crippen LogP contribution is 2.45. The number of allylic oxidation sites excluding steroid dienone is 4. The largest absolute Gasteiger partial charge is 0.472 e. The van der Waals surface area contributed by atoms with Gasteiger partial charge >= 0.3 is 39.5 Å². The average Bonchev–Trinajstić information content (AvgIpc) is 1.01. The summed E-state index contributed by atoms with van der Waals surface area (Å²) in [6.07, 6.45) is 69.9. The third kappa shape index (κ3) is 73.8. The molecular weight excluding hydrogens is 1310 g/mol. The van der Waals surface area contributed by atoms with Crippen molar-refractivity contribution in [1.82, 2.24) is 0 Å². The predicted molar refractivity (Wildman–Crippen MR) is 409 cm³/mol. The number of carbonyl (C=O) groups excluding carboxylic acids is 4. The fourth-order valence-corrected chi connectivity index (χ4v) is 13.6. The first kappa shape index (κ1) is 97.5. The average molecular weight is 1460 g/mol. The Morgan fingerprint density at radius 1 is 0.270 bits per heavy atom. The molecule has 0 rings (SSSR count). The zero-order chi connectivity index (χ0) is 73.2. The van der Waals surface area contributed by atoms with Crippen LogP contribution >= 0.6 is 15.6 Å². The van der Waals surface area contributed by atoms with E-state index in [-0.39, 0.29) is 25.7 Å². The van der Waals surface area contributed by atoms with Crippen molar-refractivity contribution in [2.24, 2.45) is 0 Å². The van der Waals surface area contributed by atoms with Crippen LogP contribution in [0.3, 0.4) is 0 Å². The zero-order valence-corrected chi connectivity index (χ0v) is 66.5. The highest BCUT2D eigenvalue weighted by Gasteiger charge is 2.30. The molecule has 5 atom stereocenters. The standard InChI is InChI=1S/C81H154O17P2/c1-5-9-13-17-21-25-29-33-37-41-45-49-53-57-61-65-78(83)91-71-76(97-80(85)67-63-59-55-51-47-43-39-35-31-27-23-19-15-11-7-3)73-95-99(87,88)93-69-75(82)70-94-100(89,90)96-74-77(98-81(86)68-64-60-56-52-48-44-40-36-32-28-24-20-16-12-8-4)72-92-79(84)66-62-58-54-50-46-42-38-34-30-26-22-18-14-10-6-2/h25,29,34,38,75-77,82H,5-24,26-28,30-33,35-37,39-74H2,1-4H3,(H,87,88)(H,89,90)/b29-25-,38-34-/t75-,76+,77+/m0/s1. The Morgan fingerprint density at radius 3 is 0.700 bits per heavy atom. The molecule has 0 saturated heterocycles. The second-order valence-corrected chi connectivity index (χ2v) is 31.3. The molecule has 0 aromatic rings. The first-order chi connectivity index (χ1) is 48.7. The van der Waals surface area contributed by atoms with Crippen LogP contribution in [-0.4, -0.2) is 96.7 Å². The molecular formula is C81H154O17P2. The molecule has 100 heavy (non-hydrogen) atoms. The van der Waals surface area contributed by atoms with Crippen molar-refractivity contribution in [3.63, 3.8) is 0 Å². The summed E-state index contributed by atoms with van der Waals surface area (Å²) < 4.78 is 68.7.